The van der Waals surface area contributed by atoms with Crippen LogP contribution in [0.15, 0.2) is 40.8 Å². The van der Waals surface area contributed by atoms with Gasteiger partial charge in [-0.1, -0.05) is 20.3 Å². The minimum Gasteiger partial charge on any atom is -0.493 e. The van der Waals surface area contributed by atoms with Gasteiger partial charge in [0.25, 0.3) is 0 Å². The molecule has 0 spiro atoms. The first-order valence-corrected chi connectivity index (χ1v) is 12.0. The van der Waals surface area contributed by atoms with E-state index in [-0.39, 0.29) is 0 Å². The molecule has 0 bridgehead atoms. The van der Waals surface area contributed by atoms with Crippen molar-refractivity contribution in [1.29, 1.82) is 0 Å². The topological polar surface area (TPSA) is 85.2 Å². The lowest BCUT2D eigenvalue weighted by atomic mass is 9.95. The van der Waals surface area contributed by atoms with Gasteiger partial charge in [0.15, 0.2) is 11.5 Å². The number of rotatable bonds is 7. The van der Waals surface area contributed by atoms with Crippen LogP contribution in [0.1, 0.15) is 50.5 Å². The van der Waals surface area contributed by atoms with Crippen LogP contribution in [0.4, 0.5) is 0 Å². The molecule has 2 aromatic heterocycles. The van der Waals surface area contributed by atoms with E-state index in [1.54, 1.807) is 14.2 Å². The van der Waals surface area contributed by atoms with E-state index in [2.05, 4.69) is 52.5 Å². The number of aromatic nitrogens is 3. The zero-order valence-corrected chi connectivity index (χ0v) is 20.3. The zero-order chi connectivity index (χ0) is 23.7. The van der Waals surface area contributed by atoms with Gasteiger partial charge < -0.3 is 24.2 Å². The molecular weight excluding hydrogens is 428 g/mol. The van der Waals surface area contributed by atoms with Gasteiger partial charge in [-0.15, -0.1) is 10.2 Å². The minimum atomic E-state index is 0.308. The molecule has 178 valence electrons. The summed E-state index contributed by atoms with van der Waals surface area (Å²) in [6.07, 6.45) is 4.43. The highest BCUT2D eigenvalue weighted by Crippen LogP contribution is 2.40. The second-order valence-corrected chi connectivity index (χ2v) is 9.25. The number of fused-ring (bicyclic) bond motifs is 1. The quantitative estimate of drug-likeness (QED) is 0.367. The maximum Gasteiger partial charge on any atom is 0.247 e. The van der Waals surface area contributed by atoms with Crippen molar-refractivity contribution < 1.29 is 13.9 Å². The first kappa shape index (κ1) is 22.5. The third-order valence-corrected chi connectivity index (χ3v) is 6.64. The summed E-state index contributed by atoms with van der Waals surface area (Å²) in [4.78, 5) is 3.62. The predicted octanol–water partition coefficient (Wildman–Crippen LogP) is 5.71. The Morgan fingerprint density at radius 3 is 2.56 bits per heavy atom. The third kappa shape index (κ3) is 4.28. The number of nitrogens with one attached hydrogen (secondary N) is 2. The van der Waals surface area contributed by atoms with Crippen molar-refractivity contribution in [1.82, 2.24) is 20.5 Å². The molecule has 0 saturated carbocycles. The number of benzene rings is 2. The van der Waals surface area contributed by atoms with Crippen LogP contribution in [0.3, 0.4) is 0 Å². The maximum absolute atomic E-state index is 6.07. The van der Waals surface area contributed by atoms with Crippen molar-refractivity contribution in [3.63, 3.8) is 0 Å². The molecule has 7 nitrogen and oxygen atoms in total. The average Bonchev–Trinajstić information content (AvgIpc) is 3.48. The van der Waals surface area contributed by atoms with Crippen molar-refractivity contribution in [2.45, 2.75) is 51.5 Å². The van der Waals surface area contributed by atoms with Crippen LogP contribution in [0.5, 0.6) is 11.5 Å². The summed E-state index contributed by atoms with van der Waals surface area (Å²) in [5.41, 5.74) is 5.39. The summed E-state index contributed by atoms with van der Waals surface area (Å²) < 4.78 is 17.0. The molecule has 3 heterocycles. The summed E-state index contributed by atoms with van der Waals surface area (Å²) in [5.74, 6) is 2.99. The zero-order valence-electron chi connectivity index (χ0n) is 20.3. The summed E-state index contributed by atoms with van der Waals surface area (Å²) >= 11 is 0. The summed E-state index contributed by atoms with van der Waals surface area (Å²) in [7, 11) is 3.31. The lowest BCUT2D eigenvalue weighted by Gasteiger charge is -2.21. The van der Waals surface area contributed by atoms with Crippen LogP contribution in [0.2, 0.25) is 0 Å². The summed E-state index contributed by atoms with van der Waals surface area (Å²) in [6, 6.07) is 12.7. The van der Waals surface area contributed by atoms with E-state index in [4.69, 9.17) is 13.9 Å². The molecule has 1 fully saturated rings. The molecule has 0 radical (unpaired) electrons. The minimum absolute atomic E-state index is 0.308. The van der Waals surface area contributed by atoms with Gasteiger partial charge in [-0.3, -0.25) is 0 Å². The molecule has 4 aromatic rings. The fourth-order valence-electron chi connectivity index (χ4n) is 4.93. The summed E-state index contributed by atoms with van der Waals surface area (Å²) in [6.45, 7) is 5.49. The van der Waals surface area contributed by atoms with Crippen LogP contribution < -0.4 is 14.8 Å². The average molecular weight is 461 g/mol. The molecule has 0 unspecified atom stereocenters. The highest BCUT2D eigenvalue weighted by molar-refractivity contribution is 5.94. The second kappa shape index (κ2) is 9.50. The molecule has 1 atom stereocenters. The van der Waals surface area contributed by atoms with E-state index in [0.29, 0.717) is 35.2 Å². The number of H-pyrrole nitrogens is 1. The lowest BCUT2D eigenvalue weighted by molar-refractivity contribution is 0.355. The number of ether oxygens (including phenoxy) is 2. The second-order valence-electron chi connectivity index (χ2n) is 9.25. The number of aromatic amines is 1. The van der Waals surface area contributed by atoms with Crippen molar-refractivity contribution >= 4 is 10.9 Å². The normalized spacial score (nSPS) is 16.3. The Labute approximate surface area is 199 Å². The first-order valence-electron chi connectivity index (χ1n) is 12.0. The molecule has 0 aliphatic carbocycles. The Bertz CT molecular complexity index is 1280. The molecule has 1 aliphatic heterocycles. The Kier molecular flexibility index (Phi) is 6.28. The molecule has 1 aliphatic rings. The molecule has 1 saturated heterocycles. The largest absolute Gasteiger partial charge is 0.493 e. The van der Waals surface area contributed by atoms with E-state index in [0.717, 1.165) is 47.1 Å². The standard InChI is InChI=1S/C27H32N4O3/c1-16(2)25-20-13-18(27-31-30-24(34-27)15-19-7-5-6-12-28-19)8-10-21(20)29-26(25)17-9-11-22(32-3)23(14-17)33-4/h8-11,13-14,16,19,28-29H,5-7,12,15H2,1-4H3/t19-/m0/s1. The van der Waals surface area contributed by atoms with E-state index >= 15 is 0 Å². The van der Waals surface area contributed by atoms with Gasteiger partial charge in [0.05, 0.1) is 19.9 Å². The van der Waals surface area contributed by atoms with Crippen LogP contribution in [-0.4, -0.2) is 42.0 Å². The molecule has 34 heavy (non-hydrogen) atoms. The van der Waals surface area contributed by atoms with Gasteiger partial charge in [-0.05, 0) is 67.3 Å². The fourth-order valence-corrected chi connectivity index (χ4v) is 4.93. The molecular formula is C27H32N4O3. The molecule has 5 rings (SSSR count). The fraction of sp³-hybridized carbons (Fsp3) is 0.407. The van der Waals surface area contributed by atoms with E-state index in [1.807, 2.05) is 18.2 Å². The number of nitrogens with zero attached hydrogens (tertiary/aromatic N) is 2. The number of methoxy groups -OCH3 is 2. The van der Waals surface area contributed by atoms with Crippen molar-refractivity contribution in [2.75, 3.05) is 20.8 Å². The Hall–Kier alpha value is -3.32. The lowest BCUT2D eigenvalue weighted by Crippen LogP contribution is -2.35. The van der Waals surface area contributed by atoms with E-state index < -0.39 is 0 Å². The van der Waals surface area contributed by atoms with Crippen LogP contribution >= 0.6 is 0 Å². The van der Waals surface area contributed by atoms with Crippen molar-refractivity contribution in [3.8, 4) is 34.2 Å². The van der Waals surface area contributed by atoms with Crippen molar-refractivity contribution in [2.24, 2.45) is 0 Å². The highest BCUT2D eigenvalue weighted by atomic mass is 16.5. The number of piperidine rings is 1. The van der Waals surface area contributed by atoms with Crippen molar-refractivity contribution in [3.05, 3.63) is 47.9 Å². The smallest absolute Gasteiger partial charge is 0.247 e. The maximum atomic E-state index is 6.07. The van der Waals surface area contributed by atoms with E-state index in [1.165, 1.54) is 18.4 Å². The van der Waals surface area contributed by atoms with Gasteiger partial charge in [0.2, 0.25) is 11.8 Å². The Morgan fingerprint density at radius 2 is 1.82 bits per heavy atom. The third-order valence-electron chi connectivity index (χ3n) is 6.64. The van der Waals surface area contributed by atoms with Gasteiger partial charge in [0.1, 0.15) is 0 Å². The first-order chi connectivity index (χ1) is 16.6. The SMILES string of the molecule is COc1ccc(-c2[nH]c3ccc(-c4nnc(C[C@@H]5CCCCN5)o4)cc3c2C(C)C)cc1OC. The van der Waals surface area contributed by atoms with Crippen LogP contribution in [0.25, 0.3) is 33.6 Å². The van der Waals surface area contributed by atoms with Gasteiger partial charge in [-0.25, -0.2) is 0 Å². The van der Waals surface area contributed by atoms with Gasteiger partial charge in [-0.2, -0.15) is 0 Å². The molecule has 0 amide bonds. The predicted molar refractivity (Wildman–Crippen MR) is 134 cm³/mol. The molecule has 7 heteroatoms. The van der Waals surface area contributed by atoms with Crippen LogP contribution in [0, 0.1) is 0 Å². The Morgan fingerprint density at radius 1 is 1.00 bits per heavy atom. The number of hydrogen-bond donors (Lipinski definition) is 2. The van der Waals surface area contributed by atoms with E-state index in [9.17, 15) is 0 Å². The monoisotopic (exact) mass is 460 g/mol. The molecule has 2 aromatic carbocycles. The molecule has 2 N–H and O–H groups in total. The Balaban J connectivity index is 1.51. The van der Waals surface area contributed by atoms with Crippen LogP contribution in [-0.2, 0) is 6.42 Å². The highest BCUT2D eigenvalue weighted by Gasteiger charge is 2.20. The van der Waals surface area contributed by atoms with Gasteiger partial charge in [0, 0.05) is 34.5 Å². The number of hydrogen-bond acceptors (Lipinski definition) is 6. The summed E-state index contributed by atoms with van der Waals surface area (Å²) in [5, 5.41) is 13.4. The van der Waals surface area contributed by atoms with Gasteiger partial charge >= 0.3 is 0 Å².